The average molecular weight is 405 g/mol. The Kier molecular flexibility index (Phi) is 6.47. The molecule has 8 heteroatoms. The van der Waals surface area contributed by atoms with E-state index < -0.39 is 5.41 Å². The molecule has 1 fully saturated rings. The van der Waals surface area contributed by atoms with Crippen LogP contribution < -0.4 is 10.2 Å². The van der Waals surface area contributed by atoms with E-state index in [1.165, 1.54) is 19.3 Å². The molecular formula is C20H32N6OS. The highest BCUT2D eigenvalue weighted by molar-refractivity contribution is 7.99. The average Bonchev–Trinajstić information content (AvgIpc) is 3.03. The summed E-state index contributed by atoms with van der Waals surface area (Å²) in [5.41, 5.74) is 0.459. The zero-order valence-corrected chi connectivity index (χ0v) is 18.5. The van der Waals surface area contributed by atoms with Gasteiger partial charge in [-0.1, -0.05) is 46.4 Å². The topological polar surface area (TPSA) is 75.9 Å². The minimum absolute atomic E-state index is 0.0450. The summed E-state index contributed by atoms with van der Waals surface area (Å²) in [6.45, 7) is 13.2. The van der Waals surface area contributed by atoms with E-state index in [9.17, 15) is 4.79 Å². The highest BCUT2D eigenvalue weighted by Gasteiger charge is 2.22. The number of piperidine rings is 1. The molecule has 2 aromatic heterocycles. The van der Waals surface area contributed by atoms with Crippen LogP contribution in [0.3, 0.4) is 0 Å². The molecule has 0 saturated carbocycles. The minimum atomic E-state index is -0.392. The van der Waals surface area contributed by atoms with E-state index in [-0.39, 0.29) is 5.91 Å². The van der Waals surface area contributed by atoms with Crippen molar-refractivity contribution in [2.75, 3.05) is 24.5 Å². The summed E-state index contributed by atoms with van der Waals surface area (Å²) < 4.78 is 1.89. The Hall–Kier alpha value is -1.83. The molecule has 0 spiro atoms. The summed E-state index contributed by atoms with van der Waals surface area (Å²) in [4.78, 5) is 24.1. The first kappa shape index (κ1) is 20.9. The second kappa shape index (κ2) is 8.68. The van der Waals surface area contributed by atoms with Gasteiger partial charge in [0.25, 0.3) is 0 Å². The summed E-state index contributed by atoms with van der Waals surface area (Å²) in [6.07, 6.45) is 5.55. The van der Waals surface area contributed by atoms with Crippen LogP contribution in [0, 0.1) is 5.41 Å². The van der Waals surface area contributed by atoms with Crippen molar-refractivity contribution in [3.05, 3.63) is 6.20 Å². The zero-order chi connectivity index (χ0) is 20.3. The van der Waals surface area contributed by atoms with Gasteiger partial charge in [0, 0.05) is 30.3 Å². The van der Waals surface area contributed by atoms with Crippen LogP contribution in [0.15, 0.2) is 11.4 Å². The zero-order valence-electron chi connectivity index (χ0n) is 17.7. The van der Waals surface area contributed by atoms with Gasteiger partial charge in [0.1, 0.15) is 5.82 Å². The highest BCUT2D eigenvalue weighted by atomic mass is 32.2. The number of fused-ring (bicyclic) bond motifs is 1. The Morgan fingerprint density at radius 2 is 1.93 bits per heavy atom. The normalized spacial score (nSPS) is 15.4. The van der Waals surface area contributed by atoms with Gasteiger partial charge in [0.15, 0.2) is 10.8 Å². The molecule has 1 aliphatic heterocycles. The third-order valence-electron chi connectivity index (χ3n) is 4.74. The maximum Gasteiger partial charge on any atom is 0.225 e. The maximum atomic E-state index is 12.1. The number of nitrogens with one attached hydrogen (secondary N) is 1. The van der Waals surface area contributed by atoms with Crippen molar-refractivity contribution in [1.82, 2.24) is 25.1 Å². The van der Waals surface area contributed by atoms with E-state index in [0.29, 0.717) is 18.3 Å². The molecule has 0 radical (unpaired) electrons. The van der Waals surface area contributed by atoms with Crippen molar-refractivity contribution in [1.29, 1.82) is 0 Å². The molecule has 7 nitrogen and oxygen atoms in total. The molecule has 1 N–H and O–H groups in total. The smallest absolute Gasteiger partial charge is 0.225 e. The lowest BCUT2D eigenvalue weighted by Crippen LogP contribution is -2.36. The Morgan fingerprint density at radius 3 is 2.57 bits per heavy atom. The summed E-state index contributed by atoms with van der Waals surface area (Å²) in [5.74, 6) is 1.04. The van der Waals surface area contributed by atoms with Gasteiger partial charge in [-0.3, -0.25) is 4.79 Å². The summed E-state index contributed by atoms with van der Waals surface area (Å²) in [6, 6.07) is 0. The van der Waals surface area contributed by atoms with Crippen LogP contribution in [-0.4, -0.2) is 50.5 Å². The lowest BCUT2D eigenvalue weighted by Gasteiger charge is -2.28. The second-order valence-electron chi connectivity index (χ2n) is 8.65. The van der Waals surface area contributed by atoms with Crippen LogP contribution in [-0.2, 0) is 11.3 Å². The van der Waals surface area contributed by atoms with Gasteiger partial charge in [0.2, 0.25) is 5.91 Å². The van der Waals surface area contributed by atoms with Crippen LogP contribution >= 0.6 is 11.8 Å². The predicted molar refractivity (Wildman–Crippen MR) is 115 cm³/mol. The predicted octanol–water partition coefficient (Wildman–Crippen LogP) is 3.48. The number of carbonyl (C=O) groups is 1. The van der Waals surface area contributed by atoms with Crippen molar-refractivity contribution in [2.45, 2.75) is 70.8 Å². The van der Waals surface area contributed by atoms with E-state index in [1.807, 2.05) is 31.6 Å². The van der Waals surface area contributed by atoms with E-state index in [2.05, 4.69) is 29.2 Å². The van der Waals surface area contributed by atoms with Gasteiger partial charge in [-0.2, -0.15) is 5.10 Å². The lowest BCUT2D eigenvalue weighted by atomic mass is 9.96. The van der Waals surface area contributed by atoms with Crippen molar-refractivity contribution in [3.8, 4) is 0 Å². The van der Waals surface area contributed by atoms with Crippen LogP contribution in [0.4, 0.5) is 5.82 Å². The Morgan fingerprint density at radius 1 is 1.21 bits per heavy atom. The number of anilines is 1. The van der Waals surface area contributed by atoms with E-state index in [4.69, 9.17) is 9.97 Å². The molecule has 0 aliphatic carbocycles. The standard InChI is InChI=1S/C20H32N6OS/c1-14(2)28-19-23-16(25-10-7-6-8-11-25)15-13-22-26(17(15)24-19)12-9-21-18(27)20(3,4)5/h13-14H,6-12H2,1-5H3,(H,21,27). The van der Waals surface area contributed by atoms with Gasteiger partial charge < -0.3 is 10.2 Å². The van der Waals surface area contributed by atoms with Crippen LogP contribution in [0.25, 0.3) is 11.0 Å². The van der Waals surface area contributed by atoms with Crippen LogP contribution in [0.1, 0.15) is 53.9 Å². The third-order valence-corrected chi connectivity index (χ3v) is 5.61. The molecule has 0 atom stereocenters. The Labute approximate surface area is 171 Å². The van der Waals surface area contributed by atoms with Gasteiger partial charge in [-0.05, 0) is 19.3 Å². The minimum Gasteiger partial charge on any atom is -0.356 e. The summed E-state index contributed by atoms with van der Waals surface area (Å²) in [5, 5.41) is 9.75. The number of hydrogen-bond donors (Lipinski definition) is 1. The SMILES string of the molecule is CC(C)Sc1nc(N2CCCCC2)c2cnn(CCNC(=O)C(C)(C)C)c2n1. The molecule has 3 rings (SSSR count). The number of amides is 1. The van der Waals surface area contributed by atoms with Crippen LogP contribution in [0.2, 0.25) is 0 Å². The summed E-state index contributed by atoms with van der Waals surface area (Å²) in [7, 11) is 0. The highest BCUT2D eigenvalue weighted by Crippen LogP contribution is 2.30. The number of nitrogens with zero attached hydrogens (tertiary/aromatic N) is 5. The Balaban J connectivity index is 1.86. The molecule has 1 aliphatic rings. The van der Waals surface area contributed by atoms with Crippen molar-refractivity contribution in [3.63, 3.8) is 0 Å². The number of aromatic nitrogens is 4. The van der Waals surface area contributed by atoms with Crippen molar-refractivity contribution in [2.24, 2.45) is 5.41 Å². The quantitative estimate of drug-likeness (QED) is 0.587. The lowest BCUT2D eigenvalue weighted by molar-refractivity contribution is -0.128. The third kappa shape index (κ3) is 4.96. The van der Waals surface area contributed by atoms with Crippen molar-refractivity contribution >= 4 is 34.5 Å². The molecular weight excluding hydrogens is 372 g/mol. The van der Waals surface area contributed by atoms with E-state index >= 15 is 0 Å². The van der Waals surface area contributed by atoms with Gasteiger partial charge in [-0.25, -0.2) is 14.6 Å². The first-order valence-electron chi connectivity index (χ1n) is 10.2. The van der Waals surface area contributed by atoms with E-state index in [0.717, 1.165) is 35.1 Å². The monoisotopic (exact) mass is 404 g/mol. The maximum absolute atomic E-state index is 12.1. The van der Waals surface area contributed by atoms with Crippen molar-refractivity contribution < 1.29 is 4.79 Å². The molecule has 0 unspecified atom stereocenters. The van der Waals surface area contributed by atoms with Gasteiger partial charge in [0.05, 0.1) is 18.1 Å². The molecule has 154 valence electrons. The van der Waals surface area contributed by atoms with Crippen LogP contribution in [0.5, 0.6) is 0 Å². The number of thioether (sulfide) groups is 1. The summed E-state index contributed by atoms with van der Waals surface area (Å²) >= 11 is 1.68. The molecule has 0 aromatic carbocycles. The largest absolute Gasteiger partial charge is 0.356 e. The molecule has 2 aromatic rings. The molecule has 0 bridgehead atoms. The number of hydrogen-bond acceptors (Lipinski definition) is 6. The van der Waals surface area contributed by atoms with E-state index in [1.54, 1.807) is 11.8 Å². The fraction of sp³-hybridized carbons (Fsp3) is 0.700. The number of rotatable bonds is 6. The number of carbonyl (C=O) groups excluding carboxylic acids is 1. The molecule has 1 amide bonds. The fourth-order valence-electron chi connectivity index (χ4n) is 3.24. The fourth-order valence-corrected chi connectivity index (χ4v) is 3.94. The first-order valence-corrected chi connectivity index (χ1v) is 11.1. The van der Waals surface area contributed by atoms with Gasteiger partial charge in [-0.15, -0.1) is 0 Å². The molecule has 1 saturated heterocycles. The Bertz CT molecular complexity index is 820. The first-order chi connectivity index (χ1) is 13.3. The molecule has 3 heterocycles. The van der Waals surface area contributed by atoms with Gasteiger partial charge >= 0.3 is 0 Å². The second-order valence-corrected chi connectivity index (χ2v) is 10.2. The molecule has 28 heavy (non-hydrogen) atoms.